The fraction of sp³-hybridized carbons (Fsp3) is 1.00. The van der Waals surface area contributed by atoms with Crippen molar-refractivity contribution < 1.29 is 4.74 Å². The summed E-state index contributed by atoms with van der Waals surface area (Å²) < 4.78 is 7.89. The van der Waals surface area contributed by atoms with Gasteiger partial charge < -0.3 is 10.5 Å². The Bertz CT molecular complexity index is 190. The van der Waals surface area contributed by atoms with Gasteiger partial charge in [0.05, 0.1) is 6.10 Å². The SMILES string of the molecule is CO[C@@H]1C[C@@H]2CC[C@H]([C@@H]1N)N2SC. The zero-order valence-corrected chi connectivity index (χ0v) is 9.09. The van der Waals surface area contributed by atoms with Crippen molar-refractivity contribution in [3.05, 3.63) is 0 Å². The summed E-state index contributed by atoms with van der Waals surface area (Å²) in [7, 11) is 1.78. The normalized spacial score (nSPS) is 45.5. The van der Waals surface area contributed by atoms with Crippen molar-refractivity contribution >= 4 is 11.9 Å². The molecule has 2 heterocycles. The highest BCUT2D eigenvalue weighted by atomic mass is 32.2. The molecule has 0 spiro atoms. The lowest BCUT2D eigenvalue weighted by molar-refractivity contribution is 0.0203. The van der Waals surface area contributed by atoms with Gasteiger partial charge in [0.2, 0.25) is 0 Å². The van der Waals surface area contributed by atoms with E-state index in [2.05, 4.69) is 10.6 Å². The van der Waals surface area contributed by atoms with E-state index in [1.165, 1.54) is 12.8 Å². The van der Waals surface area contributed by atoms with Crippen LogP contribution in [0.3, 0.4) is 0 Å². The largest absolute Gasteiger partial charge is 0.380 e. The maximum absolute atomic E-state index is 6.16. The first-order valence-corrected chi connectivity index (χ1v) is 6.07. The smallest absolute Gasteiger partial charge is 0.0753 e. The second kappa shape index (κ2) is 3.77. The molecule has 2 N–H and O–H groups in total. The number of methoxy groups -OCH3 is 1. The topological polar surface area (TPSA) is 38.5 Å². The summed E-state index contributed by atoms with van der Waals surface area (Å²) in [6.45, 7) is 0. The van der Waals surface area contributed by atoms with E-state index in [4.69, 9.17) is 10.5 Å². The van der Waals surface area contributed by atoms with Gasteiger partial charge in [-0.15, -0.1) is 0 Å². The Morgan fingerprint density at radius 1 is 1.46 bits per heavy atom. The third-order valence-electron chi connectivity index (χ3n) is 3.37. The Morgan fingerprint density at radius 2 is 2.23 bits per heavy atom. The number of hydrogen-bond acceptors (Lipinski definition) is 4. The van der Waals surface area contributed by atoms with E-state index < -0.39 is 0 Å². The number of piperidine rings is 1. The first-order chi connectivity index (χ1) is 6.27. The minimum absolute atomic E-state index is 0.205. The van der Waals surface area contributed by atoms with Gasteiger partial charge in [-0.25, -0.2) is 4.31 Å². The minimum Gasteiger partial charge on any atom is -0.380 e. The zero-order chi connectivity index (χ0) is 9.42. The number of nitrogens with two attached hydrogens (primary N) is 1. The van der Waals surface area contributed by atoms with Crippen LogP contribution in [0, 0.1) is 0 Å². The summed E-state index contributed by atoms with van der Waals surface area (Å²) in [4.78, 5) is 0. The Balaban J connectivity index is 2.11. The standard InChI is InChI=1S/C9H18N2OS/c1-12-8-5-6-3-4-7(9(8)10)11(6)13-2/h6-9H,3-5,10H2,1-2H3/t6-,7+,8+,9-/m0/s1. The zero-order valence-electron chi connectivity index (χ0n) is 8.27. The first kappa shape index (κ1) is 9.77. The summed E-state index contributed by atoms with van der Waals surface area (Å²) in [5.74, 6) is 0. The van der Waals surface area contributed by atoms with Gasteiger partial charge in [0, 0.05) is 25.2 Å². The fourth-order valence-electron chi connectivity index (χ4n) is 2.68. The van der Waals surface area contributed by atoms with E-state index in [0.29, 0.717) is 12.1 Å². The van der Waals surface area contributed by atoms with Crippen LogP contribution < -0.4 is 5.73 Å². The molecule has 2 aliphatic heterocycles. The molecule has 0 amide bonds. The fourth-order valence-corrected chi connectivity index (χ4v) is 3.69. The van der Waals surface area contributed by atoms with Gasteiger partial charge in [-0.05, 0) is 25.5 Å². The van der Waals surface area contributed by atoms with Gasteiger partial charge in [-0.3, -0.25) is 0 Å². The molecule has 0 aromatic heterocycles. The Kier molecular flexibility index (Phi) is 2.83. The molecule has 0 radical (unpaired) electrons. The molecule has 2 fully saturated rings. The lowest BCUT2D eigenvalue weighted by Gasteiger charge is -2.41. The summed E-state index contributed by atoms with van der Waals surface area (Å²) in [5.41, 5.74) is 6.16. The summed E-state index contributed by atoms with van der Waals surface area (Å²) in [6.07, 6.45) is 6.06. The maximum atomic E-state index is 6.16. The van der Waals surface area contributed by atoms with Crippen LogP contribution in [-0.2, 0) is 4.74 Å². The molecule has 3 nitrogen and oxygen atoms in total. The molecule has 0 unspecified atom stereocenters. The van der Waals surface area contributed by atoms with Gasteiger partial charge in [-0.2, -0.15) is 0 Å². The molecule has 0 saturated carbocycles. The molecule has 4 heteroatoms. The average molecular weight is 202 g/mol. The molecule has 2 bridgehead atoms. The summed E-state index contributed by atoms with van der Waals surface area (Å²) in [6, 6.07) is 1.44. The maximum Gasteiger partial charge on any atom is 0.0753 e. The van der Waals surface area contributed by atoms with Crippen LogP contribution in [0.15, 0.2) is 0 Å². The van der Waals surface area contributed by atoms with Crippen molar-refractivity contribution in [1.82, 2.24) is 4.31 Å². The minimum atomic E-state index is 0.205. The molecule has 2 saturated heterocycles. The predicted octanol–water partition coefficient (Wildman–Crippen LogP) is 0.843. The average Bonchev–Trinajstić information content (AvgIpc) is 2.48. The third-order valence-corrected chi connectivity index (χ3v) is 4.36. The van der Waals surface area contributed by atoms with Gasteiger partial charge in [-0.1, -0.05) is 11.9 Å². The van der Waals surface area contributed by atoms with Crippen molar-refractivity contribution in [3.63, 3.8) is 0 Å². The van der Waals surface area contributed by atoms with Crippen LogP contribution in [-0.4, -0.2) is 41.9 Å². The van der Waals surface area contributed by atoms with E-state index in [1.807, 2.05) is 11.9 Å². The number of rotatable bonds is 2. The lowest BCUT2D eigenvalue weighted by Crippen LogP contribution is -2.56. The van der Waals surface area contributed by atoms with Crippen LogP contribution in [0.4, 0.5) is 0 Å². The van der Waals surface area contributed by atoms with E-state index in [-0.39, 0.29) is 12.1 Å². The van der Waals surface area contributed by atoms with Crippen molar-refractivity contribution in [2.45, 2.75) is 43.5 Å². The number of nitrogens with zero attached hydrogens (tertiary/aromatic N) is 1. The Morgan fingerprint density at radius 3 is 2.85 bits per heavy atom. The van der Waals surface area contributed by atoms with Crippen molar-refractivity contribution in [3.8, 4) is 0 Å². The summed E-state index contributed by atoms with van der Waals surface area (Å²) >= 11 is 1.84. The highest BCUT2D eigenvalue weighted by Gasteiger charge is 2.45. The van der Waals surface area contributed by atoms with Gasteiger partial charge >= 0.3 is 0 Å². The van der Waals surface area contributed by atoms with Crippen LogP contribution in [0.5, 0.6) is 0 Å². The Hall–Kier alpha value is 0.230. The van der Waals surface area contributed by atoms with Crippen LogP contribution >= 0.6 is 11.9 Å². The molecule has 4 atom stereocenters. The molecular weight excluding hydrogens is 184 g/mol. The van der Waals surface area contributed by atoms with Crippen LogP contribution in [0.25, 0.3) is 0 Å². The number of hydrogen-bond donors (Lipinski definition) is 1. The van der Waals surface area contributed by atoms with Crippen molar-refractivity contribution in [2.24, 2.45) is 5.73 Å². The first-order valence-electron chi connectivity index (χ1n) is 4.88. The van der Waals surface area contributed by atoms with E-state index in [0.717, 1.165) is 6.42 Å². The molecule has 0 aromatic rings. The summed E-state index contributed by atoms with van der Waals surface area (Å²) in [5, 5.41) is 0. The third kappa shape index (κ3) is 1.50. The molecule has 76 valence electrons. The van der Waals surface area contributed by atoms with Gasteiger partial charge in [0.1, 0.15) is 0 Å². The number of ether oxygens (including phenoxy) is 1. The van der Waals surface area contributed by atoms with Crippen molar-refractivity contribution in [2.75, 3.05) is 13.4 Å². The highest BCUT2D eigenvalue weighted by Crippen LogP contribution is 2.39. The monoisotopic (exact) mass is 202 g/mol. The molecule has 2 rings (SSSR count). The van der Waals surface area contributed by atoms with E-state index in [1.54, 1.807) is 7.11 Å². The van der Waals surface area contributed by atoms with Crippen molar-refractivity contribution in [1.29, 1.82) is 0 Å². The lowest BCUT2D eigenvalue weighted by atomic mass is 9.97. The molecular formula is C9H18N2OS. The van der Waals surface area contributed by atoms with Gasteiger partial charge in [0.25, 0.3) is 0 Å². The molecule has 0 aliphatic carbocycles. The van der Waals surface area contributed by atoms with Crippen LogP contribution in [0.2, 0.25) is 0 Å². The second-order valence-electron chi connectivity index (χ2n) is 3.93. The van der Waals surface area contributed by atoms with Crippen LogP contribution in [0.1, 0.15) is 19.3 Å². The van der Waals surface area contributed by atoms with E-state index >= 15 is 0 Å². The van der Waals surface area contributed by atoms with Gasteiger partial charge in [0.15, 0.2) is 0 Å². The predicted molar refractivity (Wildman–Crippen MR) is 55.6 cm³/mol. The number of fused-ring (bicyclic) bond motifs is 2. The molecule has 2 aliphatic rings. The second-order valence-corrected chi connectivity index (χ2v) is 4.71. The molecule has 0 aromatic carbocycles. The quantitative estimate of drug-likeness (QED) is 0.674. The van der Waals surface area contributed by atoms with E-state index in [9.17, 15) is 0 Å². The Labute approximate surface area is 84.1 Å². The highest BCUT2D eigenvalue weighted by molar-refractivity contribution is 7.96. The molecule has 13 heavy (non-hydrogen) atoms.